The van der Waals surface area contributed by atoms with Crippen molar-refractivity contribution in [2.75, 3.05) is 19.8 Å². The fourth-order valence-electron chi connectivity index (χ4n) is 4.09. The van der Waals surface area contributed by atoms with Gasteiger partial charge in [0.25, 0.3) is 0 Å². The minimum Gasteiger partial charge on any atom is -0.494 e. The van der Waals surface area contributed by atoms with Crippen LogP contribution in [0.15, 0.2) is 67.0 Å². The molecular formula is C32H44N2O3. The van der Waals surface area contributed by atoms with E-state index in [9.17, 15) is 0 Å². The summed E-state index contributed by atoms with van der Waals surface area (Å²) in [5, 5.41) is 0. The average molecular weight is 505 g/mol. The summed E-state index contributed by atoms with van der Waals surface area (Å²) in [5.41, 5.74) is 0.978. The van der Waals surface area contributed by atoms with E-state index >= 15 is 0 Å². The summed E-state index contributed by atoms with van der Waals surface area (Å²) in [5.74, 6) is 3.30. The topological polar surface area (TPSA) is 53.5 Å². The van der Waals surface area contributed by atoms with Crippen LogP contribution < -0.4 is 14.2 Å². The zero-order valence-electron chi connectivity index (χ0n) is 22.6. The fourth-order valence-corrected chi connectivity index (χ4v) is 4.09. The van der Waals surface area contributed by atoms with E-state index in [4.69, 9.17) is 14.2 Å². The highest BCUT2D eigenvalue weighted by atomic mass is 16.5. The quantitative estimate of drug-likeness (QED) is 0.144. The molecule has 5 nitrogen and oxygen atoms in total. The van der Waals surface area contributed by atoms with E-state index in [1.807, 2.05) is 54.6 Å². The summed E-state index contributed by atoms with van der Waals surface area (Å²) < 4.78 is 17.3. The minimum absolute atomic E-state index is 0.702. The Labute approximate surface area is 223 Å². The van der Waals surface area contributed by atoms with Crippen molar-refractivity contribution in [1.82, 2.24) is 9.97 Å². The molecule has 0 spiro atoms. The van der Waals surface area contributed by atoms with Crippen LogP contribution in [0.4, 0.5) is 0 Å². The monoisotopic (exact) mass is 504 g/mol. The van der Waals surface area contributed by atoms with Gasteiger partial charge < -0.3 is 14.2 Å². The van der Waals surface area contributed by atoms with Gasteiger partial charge >= 0.3 is 0 Å². The Kier molecular flexibility index (Phi) is 14.0. The molecule has 2 aromatic carbocycles. The van der Waals surface area contributed by atoms with Crippen LogP contribution in [0.3, 0.4) is 0 Å². The maximum absolute atomic E-state index is 5.84. The van der Waals surface area contributed by atoms with Crippen molar-refractivity contribution >= 4 is 0 Å². The Bertz CT molecular complexity index is 946. The highest BCUT2D eigenvalue weighted by Crippen LogP contribution is 2.21. The van der Waals surface area contributed by atoms with Gasteiger partial charge in [0.1, 0.15) is 11.5 Å². The van der Waals surface area contributed by atoms with E-state index in [-0.39, 0.29) is 0 Å². The Morgan fingerprint density at radius 2 is 0.946 bits per heavy atom. The van der Waals surface area contributed by atoms with Gasteiger partial charge in [0, 0.05) is 5.56 Å². The lowest BCUT2D eigenvalue weighted by Gasteiger charge is -2.08. The molecule has 0 saturated heterocycles. The third-order valence-corrected chi connectivity index (χ3v) is 6.33. The van der Waals surface area contributed by atoms with E-state index in [0.29, 0.717) is 5.82 Å². The number of ether oxygens (including phenoxy) is 3. The van der Waals surface area contributed by atoms with Gasteiger partial charge in [-0.15, -0.1) is 0 Å². The first-order valence-electron chi connectivity index (χ1n) is 14.2. The first-order chi connectivity index (χ1) is 18.3. The van der Waals surface area contributed by atoms with Crippen LogP contribution in [0.1, 0.15) is 84.0 Å². The molecule has 1 heterocycles. The normalized spacial score (nSPS) is 10.8. The van der Waals surface area contributed by atoms with E-state index in [1.165, 1.54) is 51.4 Å². The first kappa shape index (κ1) is 28.5. The highest BCUT2D eigenvalue weighted by Gasteiger charge is 2.03. The van der Waals surface area contributed by atoms with Crippen molar-refractivity contribution in [2.45, 2.75) is 84.0 Å². The molecule has 0 radical (unpaired) electrons. The predicted octanol–water partition coefficient (Wildman–Crippen LogP) is 8.68. The van der Waals surface area contributed by atoms with Crippen molar-refractivity contribution in [3.8, 4) is 28.6 Å². The number of unbranched alkanes of at least 4 members (excludes halogenated alkanes) is 10. The van der Waals surface area contributed by atoms with E-state index in [2.05, 4.69) is 16.9 Å². The molecule has 0 unspecified atom stereocenters. The number of benzene rings is 2. The molecule has 200 valence electrons. The molecule has 0 amide bonds. The zero-order valence-corrected chi connectivity index (χ0v) is 22.6. The lowest BCUT2D eigenvalue weighted by Crippen LogP contribution is -1.99. The van der Waals surface area contributed by atoms with Crippen LogP contribution in [-0.2, 0) is 0 Å². The molecule has 0 N–H and O–H groups in total. The van der Waals surface area contributed by atoms with Gasteiger partial charge in [-0.1, -0.05) is 82.9 Å². The van der Waals surface area contributed by atoms with Gasteiger partial charge in [-0.05, 0) is 55.7 Å². The van der Waals surface area contributed by atoms with Crippen molar-refractivity contribution in [2.24, 2.45) is 0 Å². The maximum atomic E-state index is 5.84. The van der Waals surface area contributed by atoms with Gasteiger partial charge in [-0.3, -0.25) is 0 Å². The van der Waals surface area contributed by atoms with Gasteiger partial charge in [-0.2, -0.15) is 0 Å². The molecule has 37 heavy (non-hydrogen) atoms. The summed E-state index contributed by atoms with van der Waals surface area (Å²) in [6.07, 6.45) is 18.3. The summed E-state index contributed by atoms with van der Waals surface area (Å²) in [6, 6.07) is 18.0. The van der Waals surface area contributed by atoms with Crippen molar-refractivity contribution in [3.05, 3.63) is 67.0 Å². The molecule has 5 heteroatoms. The van der Waals surface area contributed by atoms with Crippen LogP contribution in [-0.4, -0.2) is 29.8 Å². The van der Waals surface area contributed by atoms with Crippen LogP contribution in [0.25, 0.3) is 11.4 Å². The number of nitrogens with zero attached hydrogens (tertiary/aromatic N) is 2. The highest BCUT2D eigenvalue weighted by molar-refractivity contribution is 5.56. The van der Waals surface area contributed by atoms with Crippen molar-refractivity contribution < 1.29 is 14.2 Å². The molecule has 1 aromatic heterocycles. The molecule has 3 aromatic rings. The van der Waals surface area contributed by atoms with E-state index in [0.717, 1.165) is 68.3 Å². The second-order valence-corrected chi connectivity index (χ2v) is 9.51. The molecule has 3 rings (SSSR count). The van der Waals surface area contributed by atoms with Crippen molar-refractivity contribution in [1.29, 1.82) is 0 Å². The largest absolute Gasteiger partial charge is 0.494 e. The first-order valence-corrected chi connectivity index (χ1v) is 14.2. The molecule has 0 bridgehead atoms. The molecule has 0 aliphatic carbocycles. The van der Waals surface area contributed by atoms with Gasteiger partial charge in [0.2, 0.25) is 0 Å². The molecule has 0 saturated carbocycles. The van der Waals surface area contributed by atoms with Gasteiger partial charge in [0.15, 0.2) is 11.6 Å². The smallest absolute Gasteiger partial charge is 0.159 e. The summed E-state index contributed by atoms with van der Waals surface area (Å²) in [7, 11) is 0. The Morgan fingerprint density at radius 3 is 1.49 bits per heavy atom. The summed E-state index contributed by atoms with van der Waals surface area (Å²) in [4.78, 5) is 8.93. The lowest BCUT2D eigenvalue weighted by molar-refractivity contribution is 0.301. The summed E-state index contributed by atoms with van der Waals surface area (Å²) in [6.45, 7) is 4.46. The van der Waals surface area contributed by atoms with Crippen LogP contribution in [0, 0.1) is 0 Å². The van der Waals surface area contributed by atoms with Gasteiger partial charge in [-0.25, -0.2) is 9.97 Å². The zero-order chi connectivity index (χ0) is 25.8. The average Bonchev–Trinajstić information content (AvgIpc) is 2.95. The molecule has 0 aliphatic rings. The van der Waals surface area contributed by atoms with Crippen LogP contribution in [0.5, 0.6) is 17.2 Å². The van der Waals surface area contributed by atoms with Crippen LogP contribution >= 0.6 is 0 Å². The molecule has 0 fully saturated rings. The number of aromatic nitrogens is 2. The second-order valence-electron chi connectivity index (χ2n) is 9.51. The third kappa shape index (κ3) is 12.1. The molecular weight excluding hydrogens is 460 g/mol. The number of para-hydroxylation sites is 1. The Hall–Kier alpha value is -3.08. The number of rotatable bonds is 20. The van der Waals surface area contributed by atoms with Crippen LogP contribution in [0.2, 0.25) is 0 Å². The standard InChI is InChI=1S/C32H44N2O3/c1-2-3-23-35-30-21-19-28(20-22-30)32-33-26-31(27-34-32)37-25-16-11-9-7-5-4-6-8-10-15-24-36-29-17-13-12-14-18-29/h12-14,17-22,26-27H,2-11,15-16,23-25H2,1H3. The minimum atomic E-state index is 0.702. The predicted molar refractivity (Wildman–Crippen MR) is 151 cm³/mol. The summed E-state index contributed by atoms with van der Waals surface area (Å²) >= 11 is 0. The van der Waals surface area contributed by atoms with E-state index in [1.54, 1.807) is 12.4 Å². The number of hydrogen-bond acceptors (Lipinski definition) is 5. The second kappa shape index (κ2) is 18.2. The van der Waals surface area contributed by atoms with Crippen molar-refractivity contribution in [3.63, 3.8) is 0 Å². The molecule has 0 atom stereocenters. The molecule has 0 aliphatic heterocycles. The fraction of sp³-hybridized carbons (Fsp3) is 0.500. The van der Waals surface area contributed by atoms with E-state index < -0.39 is 0 Å². The Morgan fingerprint density at radius 1 is 0.486 bits per heavy atom. The van der Waals surface area contributed by atoms with Gasteiger partial charge in [0.05, 0.1) is 32.2 Å². The SMILES string of the molecule is CCCCOc1ccc(-c2ncc(OCCCCCCCCCCCCOc3ccccc3)cn2)cc1. The maximum Gasteiger partial charge on any atom is 0.159 e. The Balaban J connectivity index is 1.14. The lowest BCUT2D eigenvalue weighted by atomic mass is 10.1. The number of hydrogen-bond donors (Lipinski definition) is 0. The third-order valence-electron chi connectivity index (χ3n) is 6.33.